The van der Waals surface area contributed by atoms with Crippen LogP contribution < -0.4 is 5.73 Å². The van der Waals surface area contributed by atoms with E-state index in [1.165, 1.54) is 19.3 Å². The zero-order valence-corrected chi connectivity index (χ0v) is 11.2. The molecular formula is C13H27N3O. The molecule has 4 N–H and O–H groups in total. The van der Waals surface area contributed by atoms with Gasteiger partial charge in [0.1, 0.15) is 0 Å². The van der Waals surface area contributed by atoms with Gasteiger partial charge in [0.15, 0.2) is 0 Å². The number of hydrogen-bond donors (Lipinski definition) is 3. The van der Waals surface area contributed by atoms with Gasteiger partial charge in [0.25, 0.3) is 0 Å². The minimum absolute atomic E-state index is 0.230. The quantitative estimate of drug-likeness (QED) is 0.505. The van der Waals surface area contributed by atoms with E-state index in [-0.39, 0.29) is 17.9 Å². The van der Waals surface area contributed by atoms with Crippen molar-refractivity contribution in [2.45, 2.75) is 52.0 Å². The first-order chi connectivity index (χ1) is 7.97. The standard InChI is InChI=1S/C13H27N3O/c1-13(2,12(14)15)7-9-16-8-5-3-4-6-11(16)10-17/h11,17H,3-10H2,1-2H3,(H3,14,15). The highest BCUT2D eigenvalue weighted by Gasteiger charge is 2.25. The fourth-order valence-electron chi connectivity index (χ4n) is 2.30. The van der Waals surface area contributed by atoms with Crippen molar-refractivity contribution in [3.8, 4) is 0 Å². The molecule has 1 rings (SSSR count). The topological polar surface area (TPSA) is 73.3 Å². The minimum Gasteiger partial charge on any atom is -0.395 e. The number of nitrogens with zero attached hydrogens (tertiary/aromatic N) is 1. The molecule has 0 radical (unpaired) electrons. The summed E-state index contributed by atoms with van der Waals surface area (Å²) in [6.07, 6.45) is 5.69. The zero-order chi connectivity index (χ0) is 12.9. The van der Waals surface area contributed by atoms with Crippen LogP contribution in [-0.2, 0) is 0 Å². The molecule has 0 aromatic heterocycles. The Labute approximate surface area is 105 Å². The van der Waals surface area contributed by atoms with E-state index in [4.69, 9.17) is 11.1 Å². The van der Waals surface area contributed by atoms with Crippen LogP contribution in [0.25, 0.3) is 0 Å². The number of hydrogen-bond acceptors (Lipinski definition) is 3. The summed E-state index contributed by atoms with van der Waals surface area (Å²) >= 11 is 0. The summed E-state index contributed by atoms with van der Waals surface area (Å²) in [5, 5.41) is 17.0. The second kappa shape index (κ2) is 6.36. The maximum atomic E-state index is 9.42. The van der Waals surface area contributed by atoms with Crippen LogP contribution in [0.4, 0.5) is 0 Å². The lowest BCUT2D eigenvalue weighted by Crippen LogP contribution is -2.41. The van der Waals surface area contributed by atoms with E-state index in [0.29, 0.717) is 6.04 Å². The third kappa shape index (κ3) is 4.28. The summed E-state index contributed by atoms with van der Waals surface area (Å²) in [6.45, 7) is 6.28. The van der Waals surface area contributed by atoms with E-state index in [0.717, 1.165) is 25.9 Å². The number of aliphatic hydroxyl groups excluding tert-OH is 1. The van der Waals surface area contributed by atoms with Gasteiger partial charge in [-0.1, -0.05) is 26.7 Å². The molecule has 0 bridgehead atoms. The van der Waals surface area contributed by atoms with Gasteiger partial charge in [-0.05, 0) is 32.4 Å². The average Bonchev–Trinajstić information content (AvgIpc) is 2.50. The maximum Gasteiger partial charge on any atom is 0.0963 e. The molecule has 0 amide bonds. The molecule has 4 heteroatoms. The van der Waals surface area contributed by atoms with Crippen LogP contribution in [0.2, 0.25) is 0 Å². The SMILES string of the molecule is CC(C)(CCN1CCCCCC1CO)C(=N)N. The molecule has 0 aromatic carbocycles. The smallest absolute Gasteiger partial charge is 0.0963 e. The molecule has 1 unspecified atom stereocenters. The molecule has 1 aliphatic heterocycles. The Morgan fingerprint density at radius 2 is 2.12 bits per heavy atom. The van der Waals surface area contributed by atoms with Crippen molar-refractivity contribution in [2.24, 2.45) is 11.1 Å². The monoisotopic (exact) mass is 241 g/mol. The van der Waals surface area contributed by atoms with Gasteiger partial charge in [-0.3, -0.25) is 10.3 Å². The summed E-state index contributed by atoms with van der Waals surface area (Å²) < 4.78 is 0. The van der Waals surface area contributed by atoms with Crippen LogP contribution in [0.15, 0.2) is 0 Å². The molecule has 1 heterocycles. The molecule has 0 spiro atoms. The first kappa shape index (κ1) is 14.5. The minimum atomic E-state index is -0.230. The fourth-order valence-corrected chi connectivity index (χ4v) is 2.30. The van der Waals surface area contributed by atoms with E-state index < -0.39 is 0 Å². The van der Waals surface area contributed by atoms with Crippen LogP contribution in [-0.4, -0.2) is 41.6 Å². The van der Waals surface area contributed by atoms with Crippen molar-refractivity contribution < 1.29 is 5.11 Å². The van der Waals surface area contributed by atoms with Crippen LogP contribution >= 0.6 is 0 Å². The third-order valence-corrected chi connectivity index (χ3v) is 3.96. The predicted molar refractivity (Wildman–Crippen MR) is 71.2 cm³/mol. The molecule has 1 saturated heterocycles. The second-order valence-corrected chi connectivity index (χ2v) is 5.77. The van der Waals surface area contributed by atoms with Crippen molar-refractivity contribution in [1.82, 2.24) is 4.90 Å². The normalized spacial score (nSPS) is 23.4. The fraction of sp³-hybridized carbons (Fsp3) is 0.923. The Morgan fingerprint density at radius 1 is 1.41 bits per heavy atom. The van der Waals surface area contributed by atoms with Gasteiger partial charge in [0.05, 0.1) is 12.4 Å². The summed E-state index contributed by atoms with van der Waals surface area (Å²) in [6, 6.07) is 0.306. The molecular weight excluding hydrogens is 214 g/mol. The van der Waals surface area contributed by atoms with Crippen LogP contribution in [0, 0.1) is 10.8 Å². The number of amidine groups is 1. The van der Waals surface area contributed by atoms with Gasteiger partial charge >= 0.3 is 0 Å². The van der Waals surface area contributed by atoms with Gasteiger partial charge in [-0.25, -0.2) is 0 Å². The lowest BCUT2D eigenvalue weighted by atomic mass is 9.87. The molecule has 1 fully saturated rings. The number of rotatable bonds is 5. The van der Waals surface area contributed by atoms with Crippen molar-refractivity contribution in [1.29, 1.82) is 5.41 Å². The molecule has 100 valence electrons. The van der Waals surface area contributed by atoms with Crippen molar-refractivity contribution in [3.05, 3.63) is 0 Å². The highest BCUT2D eigenvalue weighted by atomic mass is 16.3. The second-order valence-electron chi connectivity index (χ2n) is 5.77. The number of likely N-dealkylation sites (tertiary alicyclic amines) is 1. The van der Waals surface area contributed by atoms with E-state index >= 15 is 0 Å². The highest BCUT2D eigenvalue weighted by Crippen LogP contribution is 2.23. The highest BCUT2D eigenvalue weighted by molar-refractivity contribution is 5.82. The largest absolute Gasteiger partial charge is 0.395 e. The number of nitrogens with one attached hydrogen (secondary N) is 1. The summed E-state index contributed by atoms with van der Waals surface area (Å²) in [7, 11) is 0. The average molecular weight is 241 g/mol. The third-order valence-electron chi connectivity index (χ3n) is 3.96. The zero-order valence-electron chi connectivity index (χ0n) is 11.2. The van der Waals surface area contributed by atoms with E-state index in [1.807, 2.05) is 13.8 Å². The predicted octanol–water partition coefficient (Wildman–Crippen LogP) is 1.58. The van der Waals surface area contributed by atoms with Crippen LogP contribution in [0.5, 0.6) is 0 Å². The summed E-state index contributed by atoms with van der Waals surface area (Å²) in [5.74, 6) is 0.257. The van der Waals surface area contributed by atoms with Crippen LogP contribution in [0.3, 0.4) is 0 Å². The van der Waals surface area contributed by atoms with Gasteiger partial charge in [0.2, 0.25) is 0 Å². The lowest BCUT2D eigenvalue weighted by molar-refractivity contribution is 0.116. The van der Waals surface area contributed by atoms with E-state index in [1.54, 1.807) is 0 Å². The van der Waals surface area contributed by atoms with Crippen molar-refractivity contribution >= 4 is 5.84 Å². The Kier molecular flexibility index (Phi) is 5.40. The first-order valence-corrected chi connectivity index (χ1v) is 6.67. The molecule has 1 aliphatic rings. The molecule has 0 aromatic rings. The van der Waals surface area contributed by atoms with Crippen molar-refractivity contribution in [2.75, 3.05) is 19.7 Å². The van der Waals surface area contributed by atoms with E-state index in [2.05, 4.69) is 4.90 Å². The van der Waals surface area contributed by atoms with Gasteiger partial charge in [-0.2, -0.15) is 0 Å². The Balaban J connectivity index is 2.50. The van der Waals surface area contributed by atoms with Gasteiger partial charge in [-0.15, -0.1) is 0 Å². The molecule has 0 saturated carbocycles. The van der Waals surface area contributed by atoms with Gasteiger partial charge < -0.3 is 10.8 Å². The lowest BCUT2D eigenvalue weighted by Gasteiger charge is -2.32. The Morgan fingerprint density at radius 3 is 2.71 bits per heavy atom. The molecule has 17 heavy (non-hydrogen) atoms. The summed E-state index contributed by atoms with van der Waals surface area (Å²) in [5.41, 5.74) is 5.37. The van der Waals surface area contributed by atoms with Crippen LogP contribution in [0.1, 0.15) is 46.0 Å². The maximum absolute atomic E-state index is 9.42. The molecule has 0 aliphatic carbocycles. The van der Waals surface area contributed by atoms with Gasteiger partial charge in [0, 0.05) is 11.5 Å². The Hall–Kier alpha value is -0.610. The summed E-state index contributed by atoms with van der Waals surface area (Å²) in [4.78, 5) is 2.37. The Bertz CT molecular complexity index is 253. The molecule has 4 nitrogen and oxygen atoms in total. The number of nitrogens with two attached hydrogens (primary N) is 1. The molecule has 1 atom stereocenters. The van der Waals surface area contributed by atoms with Crippen molar-refractivity contribution in [3.63, 3.8) is 0 Å². The van der Waals surface area contributed by atoms with E-state index in [9.17, 15) is 5.11 Å². The number of aliphatic hydroxyl groups is 1. The first-order valence-electron chi connectivity index (χ1n) is 6.67.